The van der Waals surface area contributed by atoms with E-state index in [9.17, 15) is 19.2 Å². The molecule has 2 atom stereocenters. The third-order valence-electron chi connectivity index (χ3n) is 7.49. The van der Waals surface area contributed by atoms with Crippen molar-refractivity contribution in [2.75, 3.05) is 23.7 Å². The van der Waals surface area contributed by atoms with Gasteiger partial charge in [0.15, 0.2) is 0 Å². The van der Waals surface area contributed by atoms with Gasteiger partial charge in [-0.3, -0.25) is 19.2 Å². The normalized spacial score (nSPS) is 18.6. The number of rotatable bonds is 6. The molecule has 10 heteroatoms. The van der Waals surface area contributed by atoms with Gasteiger partial charge in [-0.25, -0.2) is 4.98 Å². The van der Waals surface area contributed by atoms with Gasteiger partial charge in [0.2, 0.25) is 23.6 Å². The Hall–Kier alpha value is -4.05. The van der Waals surface area contributed by atoms with Crippen LogP contribution in [-0.4, -0.2) is 63.6 Å². The Labute approximate surface area is 237 Å². The number of carbonyl (C=O) groups is 4. The van der Waals surface area contributed by atoms with Crippen LogP contribution in [0.25, 0.3) is 21.7 Å². The maximum atomic E-state index is 12.8. The zero-order valence-electron chi connectivity index (χ0n) is 22.9. The number of hydrogen-bond acceptors (Lipinski definition) is 6. The highest BCUT2D eigenvalue weighted by atomic mass is 32.1. The first-order valence-corrected chi connectivity index (χ1v) is 14.4. The Morgan fingerprint density at radius 2 is 1.20 bits per heavy atom. The SMILES string of the molecule is CC(=O)N1CCC[C@H]1C(=O)Nc1ccc(-c2nc(C)sc2-c2ccc(NC(=O)[C@@H]3CCCN3C(C)=O)cc2)cc1. The van der Waals surface area contributed by atoms with Crippen LogP contribution in [0.2, 0.25) is 0 Å². The molecule has 1 aromatic heterocycles. The Bertz CT molecular complexity index is 1330. The largest absolute Gasteiger partial charge is 0.331 e. The maximum Gasteiger partial charge on any atom is 0.247 e. The lowest BCUT2D eigenvalue weighted by Gasteiger charge is -2.22. The van der Waals surface area contributed by atoms with Gasteiger partial charge in [-0.05, 0) is 62.4 Å². The van der Waals surface area contributed by atoms with Crippen molar-refractivity contribution in [3.05, 3.63) is 53.5 Å². The van der Waals surface area contributed by atoms with Gasteiger partial charge in [-0.15, -0.1) is 11.3 Å². The van der Waals surface area contributed by atoms with E-state index in [1.807, 2.05) is 55.5 Å². The van der Waals surface area contributed by atoms with E-state index in [1.54, 1.807) is 21.1 Å². The second-order valence-corrected chi connectivity index (χ2v) is 11.5. The lowest BCUT2D eigenvalue weighted by molar-refractivity contribution is -0.134. The van der Waals surface area contributed by atoms with E-state index in [0.717, 1.165) is 39.5 Å². The van der Waals surface area contributed by atoms with Gasteiger partial charge in [0, 0.05) is 43.9 Å². The second kappa shape index (κ2) is 11.6. The van der Waals surface area contributed by atoms with Crippen LogP contribution in [0.4, 0.5) is 11.4 Å². The molecule has 0 spiro atoms. The van der Waals surface area contributed by atoms with Crippen LogP contribution in [-0.2, 0) is 19.2 Å². The molecule has 0 saturated carbocycles. The van der Waals surface area contributed by atoms with E-state index >= 15 is 0 Å². The molecule has 0 bridgehead atoms. The van der Waals surface area contributed by atoms with Crippen molar-refractivity contribution in [1.82, 2.24) is 14.8 Å². The number of thiazole rings is 1. The van der Waals surface area contributed by atoms with E-state index in [4.69, 9.17) is 4.98 Å². The average Bonchev–Trinajstić information content (AvgIpc) is 3.69. The average molecular weight is 560 g/mol. The van der Waals surface area contributed by atoms with Crippen molar-refractivity contribution in [2.24, 2.45) is 0 Å². The number of aromatic nitrogens is 1. The van der Waals surface area contributed by atoms with Crippen LogP contribution < -0.4 is 10.6 Å². The number of hydrogen-bond donors (Lipinski definition) is 2. The number of nitrogens with one attached hydrogen (secondary N) is 2. The molecule has 2 N–H and O–H groups in total. The highest BCUT2D eigenvalue weighted by Crippen LogP contribution is 2.37. The quantitative estimate of drug-likeness (QED) is 0.455. The third-order valence-corrected chi connectivity index (χ3v) is 8.51. The molecule has 0 radical (unpaired) electrons. The lowest BCUT2D eigenvalue weighted by Crippen LogP contribution is -2.42. The number of likely N-dealkylation sites (tertiary alicyclic amines) is 2. The predicted octanol–water partition coefficient (Wildman–Crippen LogP) is 4.68. The van der Waals surface area contributed by atoms with Crippen LogP contribution in [0.5, 0.6) is 0 Å². The van der Waals surface area contributed by atoms with E-state index in [0.29, 0.717) is 37.3 Å². The van der Waals surface area contributed by atoms with Crippen molar-refractivity contribution in [1.29, 1.82) is 0 Å². The van der Waals surface area contributed by atoms with Gasteiger partial charge in [0.1, 0.15) is 12.1 Å². The summed E-state index contributed by atoms with van der Waals surface area (Å²) in [7, 11) is 0. The molecule has 40 heavy (non-hydrogen) atoms. The Morgan fingerprint density at radius 3 is 1.65 bits per heavy atom. The van der Waals surface area contributed by atoms with Crippen molar-refractivity contribution in [2.45, 2.75) is 58.5 Å². The van der Waals surface area contributed by atoms with Crippen molar-refractivity contribution >= 4 is 46.3 Å². The summed E-state index contributed by atoms with van der Waals surface area (Å²) < 4.78 is 0. The number of anilines is 2. The van der Waals surface area contributed by atoms with Gasteiger partial charge in [-0.1, -0.05) is 24.3 Å². The molecule has 3 aromatic rings. The van der Waals surface area contributed by atoms with E-state index in [-0.39, 0.29) is 23.6 Å². The van der Waals surface area contributed by atoms with Crippen molar-refractivity contribution in [3.63, 3.8) is 0 Å². The van der Waals surface area contributed by atoms with Gasteiger partial charge in [-0.2, -0.15) is 0 Å². The van der Waals surface area contributed by atoms with Crippen molar-refractivity contribution < 1.29 is 19.2 Å². The third kappa shape index (κ3) is 5.77. The Kier molecular flexibility index (Phi) is 7.97. The van der Waals surface area contributed by atoms with Gasteiger partial charge in [0.05, 0.1) is 15.6 Å². The second-order valence-electron chi connectivity index (χ2n) is 10.3. The molecule has 2 aliphatic heterocycles. The molecule has 208 valence electrons. The van der Waals surface area contributed by atoms with Crippen LogP contribution in [0.3, 0.4) is 0 Å². The number of benzene rings is 2. The maximum absolute atomic E-state index is 12.8. The first-order chi connectivity index (χ1) is 19.2. The van der Waals surface area contributed by atoms with Crippen LogP contribution in [0.1, 0.15) is 44.5 Å². The summed E-state index contributed by atoms with van der Waals surface area (Å²) in [6, 6.07) is 14.4. The summed E-state index contributed by atoms with van der Waals surface area (Å²) >= 11 is 1.59. The smallest absolute Gasteiger partial charge is 0.247 e. The highest BCUT2D eigenvalue weighted by Gasteiger charge is 2.33. The fraction of sp³-hybridized carbons (Fsp3) is 0.367. The summed E-state index contributed by atoms with van der Waals surface area (Å²) in [5.41, 5.74) is 4.10. The van der Waals surface area contributed by atoms with Crippen LogP contribution in [0, 0.1) is 6.92 Å². The molecule has 0 aliphatic carbocycles. The molecule has 2 saturated heterocycles. The molecule has 3 heterocycles. The van der Waals surface area contributed by atoms with Gasteiger partial charge in [0.25, 0.3) is 0 Å². The number of nitrogens with zero attached hydrogens (tertiary/aromatic N) is 3. The minimum atomic E-state index is -0.427. The summed E-state index contributed by atoms with van der Waals surface area (Å²) in [6.07, 6.45) is 3.00. The first-order valence-electron chi connectivity index (χ1n) is 13.6. The molecule has 4 amide bonds. The summed E-state index contributed by atoms with van der Waals surface area (Å²) in [4.78, 5) is 58.3. The number of aryl methyl sites for hydroxylation is 1. The minimum Gasteiger partial charge on any atom is -0.331 e. The van der Waals surface area contributed by atoms with Gasteiger partial charge < -0.3 is 20.4 Å². The fourth-order valence-electron chi connectivity index (χ4n) is 5.52. The van der Waals surface area contributed by atoms with Crippen LogP contribution >= 0.6 is 11.3 Å². The van der Waals surface area contributed by atoms with Gasteiger partial charge >= 0.3 is 0 Å². The minimum absolute atomic E-state index is 0.0788. The zero-order chi connectivity index (χ0) is 28.4. The van der Waals surface area contributed by atoms with E-state index in [2.05, 4.69) is 10.6 Å². The molecular weight excluding hydrogens is 526 g/mol. The summed E-state index contributed by atoms with van der Waals surface area (Å²) in [5.74, 6) is -0.489. The molecule has 0 unspecified atom stereocenters. The number of carbonyl (C=O) groups excluding carboxylic acids is 4. The zero-order valence-corrected chi connectivity index (χ0v) is 23.7. The Morgan fingerprint density at radius 1 is 0.750 bits per heavy atom. The summed E-state index contributed by atoms with van der Waals surface area (Å²) in [6.45, 7) is 6.19. The predicted molar refractivity (Wildman–Crippen MR) is 156 cm³/mol. The van der Waals surface area contributed by atoms with Crippen LogP contribution in [0.15, 0.2) is 48.5 Å². The molecule has 2 aromatic carbocycles. The molecular formula is C30H33N5O4S. The van der Waals surface area contributed by atoms with E-state index in [1.165, 1.54) is 13.8 Å². The molecule has 2 aliphatic rings. The monoisotopic (exact) mass is 559 g/mol. The first kappa shape index (κ1) is 27.5. The Balaban J connectivity index is 1.28. The standard InChI is InChI=1S/C30H33N5O4S/c1-18-31-27(21-8-12-23(13-9-21)32-29(38)25-6-4-16-34(25)19(2)36)28(40-18)22-10-14-24(15-11-22)33-30(39)26-7-5-17-35(26)20(3)37/h8-15,25-26H,4-7,16-17H2,1-3H3,(H,32,38)(H,33,39)/t25-,26-/m0/s1. The van der Waals surface area contributed by atoms with E-state index < -0.39 is 12.1 Å². The molecule has 5 rings (SSSR count). The highest BCUT2D eigenvalue weighted by molar-refractivity contribution is 7.15. The van der Waals surface area contributed by atoms with Crippen molar-refractivity contribution in [3.8, 4) is 21.7 Å². The topological polar surface area (TPSA) is 112 Å². The summed E-state index contributed by atoms with van der Waals surface area (Å²) in [5, 5.41) is 6.82. The molecule has 2 fully saturated rings. The molecule has 9 nitrogen and oxygen atoms in total. The number of amides is 4. The lowest BCUT2D eigenvalue weighted by atomic mass is 10.1. The fourth-order valence-corrected chi connectivity index (χ4v) is 6.46.